The molecule has 0 aliphatic carbocycles. The van der Waals surface area contributed by atoms with Crippen molar-refractivity contribution < 1.29 is 13.5 Å². The third kappa shape index (κ3) is 2.05. The van der Waals surface area contributed by atoms with E-state index < -0.39 is 9.84 Å². The third-order valence-corrected chi connectivity index (χ3v) is 3.96. The molecule has 0 atom stereocenters. The monoisotopic (exact) mass is 241 g/mol. The summed E-state index contributed by atoms with van der Waals surface area (Å²) >= 11 is 0. The summed E-state index contributed by atoms with van der Waals surface area (Å²) in [4.78, 5) is 2.35. The Balaban J connectivity index is 2.29. The van der Waals surface area contributed by atoms with Crippen LogP contribution in [0.1, 0.15) is 0 Å². The molecule has 88 valence electrons. The van der Waals surface area contributed by atoms with Gasteiger partial charge in [0.25, 0.3) is 0 Å². The standard InChI is InChI=1S/C11H15NO3S/c1-16(14,15)11-5-3-2-4-10(11)12-6-9(7-12)8-13/h2-5,9,13H,6-8H2,1H3. The largest absolute Gasteiger partial charge is 0.396 e. The van der Waals surface area contributed by atoms with Crippen molar-refractivity contribution in [2.75, 3.05) is 30.9 Å². The summed E-state index contributed by atoms with van der Waals surface area (Å²) in [6.07, 6.45) is 1.22. The van der Waals surface area contributed by atoms with Crippen LogP contribution in [0.4, 0.5) is 5.69 Å². The zero-order valence-corrected chi connectivity index (χ0v) is 9.94. The molecule has 1 saturated heterocycles. The van der Waals surface area contributed by atoms with Gasteiger partial charge in [-0.15, -0.1) is 0 Å². The highest BCUT2D eigenvalue weighted by molar-refractivity contribution is 7.90. The van der Waals surface area contributed by atoms with Crippen LogP contribution in [0.5, 0.6) is 0 Å². The SMILES string of the molecule is CS(=O)(=O)c1ccccc1N1CC(CO)C1. The van der Waals surface area contributed by atoms with Gasteiger partial charge in [-0.1, -0.05) is 12.1 Å². The van der Waals surface area contributed by atoms with Crippen LogP contribution in [-0.2, 0) is 9.84 Å². The molecule has 2 rings (SSSR count). The minimum atomic E-state index is -3.18. The summed E-state index contributed by atoms with van der Waals surface area (Å²) in [5.74, 6) is 0.271. The Labute approximate surface area is 95.4 Å². The average molecular weight is 241 g/mol. The van der Waals surface area contributed by atoms with Crippen LogP contribution in [0.3, 0.4) is 0 Å². The van der Waals surface area contributed by atoms with Gasteiger partial charge in [-0.25, -0.2) is 8.42 Å². The van der Waals surface area contributed by atoms with Gasteiger partial charge in [0.15, 0.2) is 9.84 Å². The van der Waals surface area contributed by atoms with Gasteiger partial charge in [-0.3, -0.25) is 0 Å². The molecule has 4 nitrogen and oxygen atoms in total. The van der Waals surface area contributed by atoms with Crippen molar-refractivity contribution in [3.63, 3.8) is 0 Å². The van der Waals surface area contributed by atoms with Crippen molar-refractivity contribution in [3.8, 4) is 0 Å². The van der Waals surface area contributed by atoms with Crippen LogP contribution in [0.25, 0.3) is 0 Å². The summed E-state index contributed by atoms with van der Waals surface area (Å²) < 4.78 is 23.1. The molecule has 0 spiro atoms. The fourth-order valence-corrected chi connectivity index (χ4v) is 2.82. The third-order valence-electron chi connectivity index (χ3n) is 2.82. The molecule has 1 aromatic carbocycles. The van der Waals surface area contributed by atoms with Gasteiger partial charge >= 0.3 is 0 Å². The van der Waals surface area contributed by atoms with E-state index in [1.165, 1.54) is 6.26 Å². The van der Waals surface area contributed by atoms with E-state index in [-0.39, 0.29) is 12.5 Å². The van der Waals surface area contributed by atoms with E-state index in [0.29, 0.717) is 4.90 Å². The Morgan fingerprint density at radius 3 is 2.56 bits per heavy atom. The van der Waals surface area contributed by atoms with Gasteiger partial charge in [-0.2, -0.15) is 0 Å². The smallest absolute Gasteiger partial charge is 0.177 e. The van der Waals surface area contributed by atoms with Crippen molar-refractivity contribution in [2.45, 2.75) is 4.90 Å². The van der Waals surface area contributed by atoms with Crippen molar-refractivity contribution in [1.29, 1.82) is 0 Å². The first-order valence-electron chi connectivity index (χ1n) is 5.17. The van der Waals surface area contributed by atoms with Crippen molar-refractivity contribution in [2.24, 2.45) is 5.92 Å². The minimum absolute atomic E-state index is 0.164. The molecule has 0 bridgehead atoms. The number of benzene rings is 1. The zero-order valence-electron chi connectivity index (χ0n) is 9.13. The first kappa shape index (κ1) is 11.4. The predicted octanol–water partition coefficient (Wildman–Crippen LogP) is 0.519. The average Bonchev–Trinajstić information content (AvgIpc) is 2.15. The molecule has 1 aliphatic heterocycles. The summed E-state index contributed by atoms with van der Waals surface area (Å²) in [7, 11) is -3.18. The molecular weight excluding hydrogens is 226 g/mol. The number of anilines is 1. The molecule has 1 N–H and O–H groups in total. The highest BCUT2D eigenvalue weighted by Crippen LogP contribution is 2.30. The van der Waals surface area contributed by atoms with E-state index in [1.807, 2.05) is 17.0 Å². The van der Waals surface area contributed by atoms with E-state index in [9.17, 15) is 8.42 Å². The van der Waals surface area contributed by atoms with Crippen LogP contribution in [0.2, 0.25) is 0 Å². The van der Waals surface area contributed by atoms with Gasteiger partial charge in [0.1, 0.15) is 0 Å². The molecule has 0 amide bonds. The Kier molecular flexibility index (Phi) is 2.90. The Bertz CT molecular complexity index is 478. The molecule has 1 aromatic rings. The van der Waals surface area contributed by atoms with Gasteiger partial charge in [0.05, 0.1) is 10.6 Å². The number of hydrogen-bond donors (Lipinski definition) is 1. The number of para-hydroxylation sites is 1. The molecule has 5 heteroatoms. The normalized spacial score (nSPS) is 17.2. The maximum Gasteiger partial charge on any atom is 0.177 e. The summed E-state index contributed by atoms with van der Waals surface area (Å²) in [5, 5.41) is 8.93. The maximum atomic E-state index is 11.6. The molecule has 0 unspecified atom stereocenters. The predicted molar refractivity (Wildman–Crippen MR) is 62.3 cm³/mol. The second kappa shape index (κ2) is 4.07. The first-order chi connectivity index (χ1) is 7.52. The number of hydrogen-bond acceptors (Lipinski definition) is 4. The van der Waals surface area contributed by atoms with Crippen LogP contribution in [-0.4, -0.2) is 39.5 Å². The molecular formula is C11H15NO3S. The fraction of sp³-hybridized carbons (Fsp3) is 0.455. The second-order valence-electron chi connectivity index (χ2n) is 4.19. The topological polar surface area (TPSA) is 57.6 Å². The van der Waals surface area contributed by atoms with Gasteiger partial charge in [0.2, 0.25) is 0 Å². The van der Waals surface area contributed by atoms with E-state index >= 15 is 0 Å². The number of aliphatic hydroxyl groups excluding tert-OH is 1. The van der Waals surface area contributed by atoms with Crippen LogP contribution >= 0.6 is 0 Å². The van der Waals surface area contributed by atoms with E-state index in [0.717, 1.165) is 18.8 Å². The van der Waals surface area contributed by atoms with E-state index in [4.69, 9.17) is 5.11 Å². The van der Waals surface area contributed by atoms with Gasteiger partial charge in [0, 0.05) is 31.9 Å². The lowest BCUT2D eigenvalue weighted by Crippen LogP contribution is -2.48. The van der Waals surface area contributed by atoms with Crippen LogP contribution in [0, 0.1) is 5.92 Å². The first-order valence-corrected chi connectivity index (χ1v) is 7.06. The van der Waals surface area contributed by atoms with E-state index in [2.05, 4.69) is 0 Å². The van der Waals surface area contributed by atoms with Crippen LogP contribution < -0.4 is 4.90 Å². The minimum Gasteiger partial charge on any atom is -0.396 e. The molecule has 1 fully saturated rings. The summed E-state index contributed by atoms with van der Waals surface area (Å²) in [6, 6.07) is 6.99. The molecule has 1 aliphatic rings. The van der Waals surface area contributed by atoms with Crippen molar-refractivity contribution >= 4 is 15.5 Å². The molecule has 0 radical (unpaired) electrons. The maximum absolute atomic E-state index is 11.6. The van der Waals surface area contributed by atoms with Gasteiger partial charge in [-0.05, 0) is 12.1 Å². The quantitative estimate of drug-likeness (QED) is 0.838. The van der Waals surface area contributed by atoms with Crippen LogP contribution in [0.15, 0.2) is 29.2 Å². The molecule has 1 heterocycles. The lowest BCUT2D eigenvalue weighted by Gasteiger charge is -2.40. The zero-order chi connectivity index (χ0) is 11.8. The number of sulfone groups is 1. The molecule has 0 aromatic heterocycles. The van der Waals surface area contributed by atoms with E-state index in [1.54, 1.807) is 12.1 Å². The number of aliphatic hydroxyl groups is 1. The number of rotatable bonds is 3. The highest BCUT2D eigenvalue weighted by Gasteiger charge is 2.29. The molecule has 16 heavy (non-hydrogen) atoms. The summed E-state index contributed by atoms with van der Waals surface area (Å²) in [5.41, 5.74) is 0.745. The van der Waals surface area contributed by atoms with Crippen molar-refractivity contribution in [3.05, 3.63) is 24.3 Å². The Morgan fingerprint density at radius 1 is 1.38 bits per heavy atom. The Hall–Kier alpha value is -1.07. The molecule has 0 saturated carbocycles. The lowest BCUT2D eigenvalue weighted by atomic mass is 10.0. The summed E-state index contributed by atoms with van der Waals surface area (Å²) in [6.45, 7) is 1.61. The highest BCUT2D eigenvalue weighted by atomic mass is 32.2. The fourth-order valence-electron chi connectivity index (χ4n) is 1.91. The second-order valence-corrected chi connectivity index (χ2v) is 6.18. The van der Waals surface area contributed by atoms with Gasteiger partial charge < -0.3 is 10.0 Å². The lowest BCUT2D eigenvalue weighted by molar-refractivity contribution is 0.200. The Morgan fingerprint density at radius 2 is 2.00 bits per heavy atom. The van der Waals surface area contributed by atoms with Crippen molar-refractivity contribution in [1.82, 2.24) is 0 Å². The number of nitrogens with zero attached hydrogens (tertiary/aromatic N) is 1.